The first-order chi connectivity index (χ1) is 15.3. The van der Waals surface area contributed by atoms with E-state index in [1.165, 1.54) is 29.9 Å². The summed E-state index contributed by atoms with van der Waals surface area (Å²) in [7, 11) is 3.08. The van der Waals surface area contributed by atoms with Crippen molar-refractivity contribution in [2.45, 2.75) is 26.9 Å². The van der Waals surface area contributed by atoms with E-state index in [2.05, 4.69) is 15.6 Å². The van der Waals surface area contributed by atoms with Crippen LogP contribution < -0.4 is 25.7 Å². The van der Waals surface area contributed by atoms with E-state index in [4.69, 9.17) is 9.47 Å². The Kier molecular flexibility index (Phi) is 7.09. The van der Waals surface area contributed by atoms with Crippen LogP contribution in [0.25, 0.3) is 0 Å². The van der Waals surface area contributed by atoms with Gasteiger partial charge in [0.25, 0.3) is 5.56 Å². The third-order valence-corrected chi connectivity index (χ3v) is 4.79. The van der Waals surface area contributed by atoms with Crippen LogP contribution in [-0.4, -0.2) is 29.7 Å². The number of anilines is 2. The van der Waals surface area contributed by atoms with Crippen molar-refractivity contribution in [1.29, 1.82) is 0 Å². The van der Waals surface area contributed by atoms with Crippen LogP contribution in [0, 0.1) is 19.7 Å². The summed E-state index contributed by atoms with van der Waals surface area (Å²) in [6.45, 7) is 3.33. The van der Waals surface area contributed by atoms with E-state index in [0.717, 1.165) is 5.56 Å². The number of nitrogens with zero attached hydrogens (tertiary/aromatic N) is 2. The molecule has 1 aromatic heterocycles. The Morgan fingerprint density at radius 3 is 2.50 bits per heavy atom. The van der Waals surface area contributed by atoms with Gasteiger partial charge in [0.1, 0.15) is 12.4 Å². The van der Waals surface area contributed by atoms with E-state index in [1.807, 2.05) is 6.07 Å². The Hall–Kier alpha value is -3.88. The molecule has 0 spiro atoms. The van der Waals surface area contributed by atoms with Crippen LogP contribution >= 0.6 is 0 Å². The number of aryl methyl sites for hydroxylation is 2. The second kappa shape index (κ2) is 9.95. The molecule has 0 radical (unpaired) electrons. The number of nitrogens with one attached hydrogen (secondary N) is 2. The standard InChI is InChI=1S/C23H25FN4O4/c1-14-9-17(6-7-18(14)24)27-23-26-15(2)10-22(30)28(23)13-21(29)25-12-16-5-8-19(31-3)20(11-16)32-4/h5-11H,12-13H2,1-4H3,(H,25,29)(H,26,27). The first kappa shape index (κ1) is 22.8. The first-order valence-electron chi connectivity index (χ1n) is 9.90. The number of ether oxygens (including phenoxy) is 2. The van der Waals surface area contributed by atoms with Gasteiger partial charge in [0.15, 0.2) is 11.5 Å². The van der Waals surface area contributed by atoms with Gasteiger partial charge in [-0.25, -0.2) is 9.37 Å². The van der Waals surface area contributed by atoms with Gasteiger partial charge in [0, 0.05) is 24.0 Å². The van der Waals surface area contributed by atoms with Crippen molar-refractivity contribution in [3.05, 3.63) is 75.5 Å². The second-order valence-electron chi connectivity index (χ2n) is 7.20. The Morgan fingerprint density at radius 2 is 1.81 bits per heavy atom. The van der Waals surface area contributed by atoms with Gasteiger partial charge in [-0.2, -0.15) is 0 Å². The van der Waals surface area contributed by atoms with Gasteiger partial charge in [-0.15, -0.1) is 0 Å². The maximum atomic E-state index is 13.6. The minimum atomic E-state index is -0.375. The van der Waals surface area contributed by atoms with E-state index in [0.29, 0.717) is 28.4 Å². The average molecular weight is 440 g/mol. The second-order valence-corrected chi connectivity index (χ2v) is 7.20. The fourth-order valence-electron chi connectivity index (χ4n) is 3.11. The highest BCUT2D eigenvalue weighted by Gasteiger charge is 2.13. The molecule has 9 heteroatoms. The molecule has 0 aliphatic heterocycles. The molecule has 0 unspecified atom stereocenters. The summed E-state index contributed by atoms with van der Waals surface area (Å²) >= 11 is 0. The minimum Gasteiger partial charge on any atom is -0.493 e. The van der Waals surface area contributed by atoms with E-state index >= 15 is 0 Å². The molecule has 3 rings (SSSR count). The third kappa shape index (κ3) is 5.42. The number of aromatic nitrogens is 2. The van der Waals surface area contributed by atoms with Crippen molar-refractivity contribution in [2.75, 3.05) is 19.5 Å². The Morgan fingerprint density at radius 1 is 1.06 bits per heavy atom. The van der Waals surface area contributed by atoms with Crippen LogP contribution in [0.15, 0.2) is 47.3 Å². The summed E-state index contributed by atoms with van der Waals surface area (Å²) in [4.78, 5) is 29.5. The van der Waals surface area contributed by atoms with Crippen LogP contribution in [0.3, 0.4) is 0 Å². The highest BCUT2D eigenvalue weighted by Crippen LogP contribution is 2.27. The van der Waals surface area contributed by atoms with Crippen LogP contribution in [0.4, 0.5) is 16.0 Å². The molecular weight excluding hydrogens is 415 g/mol. The minimum absolute atomic E-state index is 0.197. The van der Waals surface area contributed by atoms with Crippen LogP contribution in [0.2, 0.25) is 0 Å². The van der Waals surface area contributed by atoms with Gasteiger partial charge >= 0.3 is 0 Å². The molecular formula is C23H25FN4O4. The van der Waals surface area contributed by atoms with E-state index in [1.54, 1.807) is 39.2 Å². The molecule has 2 N–H and O–H groups in total. The lowest BCUT2D eigenvalue weighted by Crippen LogP contribution is -2.33. The molecule has 0 aliphatic rings. The summed E-state index contributed by atoms with van der Waals surface area (Å²) in [5.41, 5.74) is 1.94. The maximum Gasteiger partial charge on any atom is 0.255 e. The molecule has 0 fully saturated rings. The van der Waals surface area contributed by atoms with Crippen LogP contribution in [0.1, 0.15) is 16.8 Å². The van der Waals surface area contributed by atoms with Crippen LogP contribution in [0.5, 0.6) is 11.5 Å². The van der Waals surface area contributed by atoms with Gasteiger partial charge < -0.3 is 20.1 Å². The lowest BCUT2D eigenvalue weighted by molar-refractivity contribution is -0.121. The fourth-order valence-corrected chi connectivity index (χ4v) is 3.11. The SMILES string of the molecule is COc1ccc(CNC(=O)Cn2c(Nc3ccc(F)c(C)c3)nc(C)cc2=O)cc1OC. The molecule has 1 heterocycles. The van der Waals surface area contributed by atoms with Crippen LogP contribution in [-0.2, 0) is 17.9 Å². The Bertz CT molecular complexity index is 1190. The molecule has 0 bridgehead atoms. The molecule has 32 heavy (non-hydrogen) atoms. The third-order valence-electron chi connectivity index (χ3n) is 4.79. The van der Waals surface area contributed by atoms with E-state index in [-0.39, 0.29) is 36.3 Å². The smallest absolute Gasteiger partial charge is 0.255 e. The summed E-state index contributed by atoms with van der Waals surface area (Å²) < 4.78 is 25.3. The number of carbonyl (C=O) groups is 1. The predicted octanol–water partition coefficient (Wildman–Crippen LogP) is 3.08. The fraction of sp³-hybridized carbons (Fsp3) is 0.261. The molecule has 168 valence electrons. The zero-order valence-electron chi connectivity index (χ0n) is 18.4. The van der Waals surface area contributed by atoms with Gasteiger partial charge in [-0.05, 0) is 55.3 Å². The number of benzene rings is 2. The molecule has 2 aromatic carbocycles. The normalized spacial score (nSPS) is 10.5. The largest absolute Gasteiger partial charge is 0.493 e. The topological polar surface area (TPSA) is 94.5 Å². The Labute approximate surface area is 185 Å². The summed E-state index contributed by atoms with van der Waals surface area (Å²) in [6.07, 6.45) is 0. The molecule has 0 saturated heterocycles. The molecule has 8 nitrogen and oxygen atoms in total. The lowest BCUT2D eigenvalue weighted by Gasteiger charge is -2.15. The number of hydrogen-bond donors (Lipinski definition) is 2. The number of carbonyl (C=O) groups excluding carboxylic acids is 1. The number of methoxy groups -OCH3 is 2. The van der Waals surface area contributed by atoms with E-state index < -0.39 is 0 Å². The molecule has 0 aliphatic carbocycles. The number of rotatable bonds is 8. The van der Waals surface area contributed by atoms with Crippen molar-refractivity contribution in [1.82, 2.24) is 14.9 Å². The maximum absolute atomic E-state index is 13.6. The summed E-state index contributed by atoms with van der Waals surface area (Å²) in [5, 5.41) is 5.79. The number of halogens is 1. The summed E-state index contributed by atoms with van der Waals surface area (Å²) in [6, 6.07) is 11.1. The first-order valence-corrected chi connectivity index (χ1v) is 9.90. The van der Waals surface area contributed by atoms with Crippen molar-refractivity contribution in [2.24, 2.45) is 0 Å². The number of hydrogen-bond acceptors (Lipinski definition) is 6. The molecule has 0 atom stereocenters. The highest BCUT2D eigenvalue weighted by atomic mass is 19.1. The van der Waals surface area contributed by atoms with Crippen molar-refractivity contribution < 1.29 is 18.7 Å². The molecule has 3 aromatic rings. The van der Waals surface area contributed by atoms with Crippen molar-refractivity contribution in [3.63, 3.8) is 0 Å². The quantitative estimate of drug-likeness (QED) is 0.559. The van der Waals surface area contributed by atoms with Gasteiger partial charge in [-0.1, -0.05) is 6.07 Å². The van der Waals surface area contributed by atoms with Crippen molar-refractivity contribution in [3.8, 4) is 11.5 Å². The monoisotopic (exact) mass is 440 g/mol. The zero-order chi connectivity index (χ0) is 23.3. The molecule has 1 amide bonds. The lowest BCUT2D eigenvalue weighted by atomic mass is 10.2. The van der Waals surface area contributed by atoms with Gasteiger partial charge in [0.05, 0.1) is 14.2 Å². The van der Waals surface area contributed by atoms with Crippen molar-refractivity contribution >= 4 is 17.5 Å². The average Bonchev–Trinajstić information content (AvgIpc) is 2.77. The zero-order valence-corrected chi connectivity index (χ0v) is 18.4. The molecule has 0 saturated carbocycles. The Balaban J connectivity index is 1.75. The van der Waals surface area contributed by atoms with Gasteiger partial charge in [-0.3, -0.25) is 14.2 Å². The predicted molar refractivity (Wildman–Crippen MR) is 119 cm³/mol. The highest BCUT2D eigenvalue weighted by molar-refractivity contribution is 5.76. The summed E-state index contributed by atoms with van der Waals surface area (Å²) in [5.74, 6) is 0.638. The van der Waals surface area contributed by atoms with E-state index in [9.17, 15) is 14.0 Å². The van der Waals surface area contributed by atoms with Gasteiger partial charge in [0.2, 0.25) is 11.9 Å². The number of amides is 1.